The minimum atomic E-state index is -2.07. The van der Waals surface area contributed by atoms with Crippen LogP contribution in [0.2, 0.25) is 0 Å². The molecule has 502 valence electrons. The third-order valence-corrected chi connectivity index (χ3v) is 21.8. The van der Waals surface area contributed by atoms with E-state index in [-0.39, 0.29) is 38.2 Å². The van der Waals surface area contributed by atoms with Gasteiger partial charge in [0, 0.05) is 59.7 Å². The van der Waals surface area contributed by atoms with Crippen molar-refractivity contribution in [3.8, 4) is 0 Å². The van der Waals surface area contributed by atoms with E-state index in [4.69, 9.17) is 71.1 Å². The fraction of sp³-hybridized carbons (Fsp3) is 0.812. The maximum Gasteiger partial charge on any atom is 0.331 e. The third-order valence-electron chi connectivity index (χ3n) is 21.8. The number of hydrogen-bond donors (Lipinski definition) is 8. The Morgan fingerprint density at radius 3 is 1.71 bits per heavy atom. The van der Waals surface area contributed by atoms with Gasteiger partial charge < -0.3 is 112 Å². The van der Waals surface area contributed by atoms with Crippen LogP contribution in [0.1, 0.15) is 118 Å². The predicted octanol–water partition coefficient (Wildman–Crippen LogP) is 2.03. The number of ether oxygens (including phenoxy) is 15. The van der Waals surface area contributed by atoms with Crippen LogP contribution >= 0.6 is 0 Å². The third kappa shape index (κ3) is 12.5. The molecular weight excluding hydrogens is 1170 g/mol. The van der Waals surface area contributed by atoms with E-state index in [2.05, 4.69) is 6.92 Å². The Kier molecular flexibility index (Phi) is 21.2. The molecule has 8 N–H and O–H groups in total. The van der Waals surface area contributed by atoms with Crippen LogP contribution in [0.4, 0.5) is 0 Å². The van der Waals surface area contributed by atoms with Crippen LogP contribution in [-0.2, 0) is 80.6 Å². The number of aliphatic hydroxyl groups is 8. The van der Waals surface area contributed by atoms with Gasteiger partial charge in [0.2, 0.25) is 0 Å². The van der Waals surface area contributed by atoms with Crippen LogP contribution in [0.25, 0.3) is 6.08 Å². The van der Waals surface area contributed by atoms with Crippen LogP contribution in [0.5, 0.6) is 0 Å². The first-order valence-electron chi connectivity index (χ1n) is 31.5. The molecule has 25 heteroatoms. The number of methoxy groups -OCH3 is 4. The van der Waals surface area contributed by atoms with Gasteiger partial charge in [0.1, 0.15) is 83.9 Å². The molecule has 30 atom stereocenters. The van der Waals surface area contributed by atoms with Crippen molar-refractivity contribution >= 4 is 17.8 Å². The Balaban J connectivity index is 0.728. The first-order valence-corrected chi connectivity index (χ1v) is 31.5. The molecule has 9 aliphatic rings. The predicted molar refractivity (Wildman–Crippen MR) is 310 cm³/mol. The number of ketones is 1. The van der Waals surface area contributed by atoms with Gasteiger partial charge in [0.15, 0.2) is 37.2 Å². The molecule has 5 saturated heterocycles. The fourth-order valence-corrected chi connectivity index (χ4v) is 16.5. The highest BCUT2D eigenvalue weighted by atomic mass is 16.8. The SMILES string of the molecule is CO[C@@H]1[C@@H](O)[C@H](O[C@H]2[C@@H](OC)C[C@H](O[C@H]3[C@@H](OC)C[C@H](O[C@H]4[C@@H](OC)C[C@H](O[C@H]5CC[C@@]6(C)C(=CC[C@]7(O)[C@@H]6C[C@@H](OC(=O)/C=C/c6ccccc6)[C@@]6(C)[C@]7(O)CC[C@]6(O)C(C)=O)C5)O[C@@H]4C)O[C@@H]3C)O[C@@H]2C)O[C@H](C)[C@H]1O[C@@H]1O[C@H](CO)[C@@H](O)[C@H](O)[C@H]1O. The molecule has 25 nitrogen and oxygen atoms in total. The van der Waals surface area contributed by atoms with Gasteiger partial charge in [0.25, 0.3) is 0 Å². The number of aliphatic hydroxyl groups excluding tert-OH is 5. The van der Waals surface area contributed by atoms with Gasteiger partial charge in [-0.3, -0.25) is 4.79 Å². The van der Waals surface area contributed by atoms with Crippen molar-refractivity contribution in [1.82, 2.24) is 0 Å². The van der Waals surface area contributed by atoms with E-state index >= 15 is 0 Å². The molecule has 5 heterocycles. The van der Waals surface area contributed by atoms with Gasteiger partial charge in [-0.15, -0.1) is 0 Å². The molecule has 10 rings (SSSR count). The van der Waals surface area contributed by atoms with Crippen molar-refractivity contribution in [3.63, 3.8) is 0 Å². The van der Waals surface area contributed by atoms with Gasteiger partial charge in [0.05, 0.1) is 60.9 Å². The lowest BCUT2D eigenvalue weighted by atomic mass is 9.42. The first-order chi connectivity index (χ1) is 42.2. The summed E-state index contributed by atoms with van der Waals surface area (Å²) >= 11 is 0. The van der Waals surface area contributed by atoms with Crippen molar-refractivity contribution in [2.24, 2.45) is 16.7 Å². The molecule has 0 radical (unpaired) electrons. The number of esters is 1. The average molecular weight is 1270 g/mol. The summed E-state index contributed by atoms with van der Waals surface area (Å²) in [6.45, 7) is 11.5. The smallest absolute Gasteiger partial charge is 0.331 e. The maximum absolute atomic E-state index is 13.7. The second-order valence-corrected chi connectivity index (χ2v) is 26.6. The zero-order valence-corrected chi connectivity index (χ0v) is 52.8. The number of rotatable bonds is 19. The van der Waals surface area contributed by atoms with Gasteiger partial charge in [-0.05, 0) is 104 Å². The number of hydrogen-bond acceptors (Lipinski definition) is 25. The molecule has 5 aliphatic heterocycles. The van der Waals surface area contributed by atoms with Crippen LogP contribution in [0, 0.1) is 16.7 Å². The lowest BCUT2D eigenvalue weighted by Gasteiger charge is -2.67. The molecule has 1 aromatic carbocycles. The lowest BCUT2D eigenvalue weighted by molar-refractivity contribution is -0.374. The minimum Gasteiger partial charge on any atom is -0.458 e. The molecule has 8 fully saturated rings. The highest BCUT2D eigenvalue weighted by Crippen LogP contribution is 2.71. The fourth-order valence-electron chi connectivity index (χ4n) is 16.5. The summed E-state index contributed by atoms with van der Waals surface area (Å²) in [7, 11) is 6.10. The van der Waals surface area contributed by atoms with E-state index in [1.54, 1.807) is 41.1 Å². The summed E-state index contributed by atoms with van der Waals surface area (Å²) in [6.07, 6.45) is -14.7. The van der Waals surface area contributed by atoms with Crippen LogP contribution in [-0.4, -0.2) is 252 Å². The molecule has 1 aromatic rings. The van der Waals surface area contributed by atoms with Gasteiger partial charge in [-0.2, -0.15) is 0 Å². The van der Waals surface area contributed by atoms with Crippen molar-refractivity contribution in [3.05, 3.63) is 53.6 Å². The zero-order valence-electron chi connectivity index (χ0n) is 52.8. The molecule has 4 aliphatic carbocycles. The van der Waals surface area contributed by atoms with Crippen LogP contribution < -0.4 is 0 Å². The normalized spacial score (nSPS) is 49.3. The molecule has 0 aromatic heterocycles. The van der Waals surface area contributed by atoms with Gasteiger partial charge in [-0.1, -0.05) is 48.9 Å². The largest absolute Gasteiger partial charge is 0.458 e. The summed E-state index contributed by atoms with van der Waals surface area (Å²) in [5.41, 5.74) is -6.41. The molecular formula is C64H96O25. The van der Waals surface area contributed by atoms with Crippen molar-refractivity contribution in [2.45, 2.75) is 277 Å². The number of carbonyl (C=O) groups is 2. The molecule has 0 amide bonds. The van der Waals surface area contributed by atoms with Crippen molar-refractivity contribution < 1.29 is 121 Å². The van der Waals surface area contributed by atoms with E-state index in [1.165, 1.54) is 27.2 Å². The number of Topliss-reactive ketones (excluding diaryl/α,β-unsaturated/α-hetero) is 1. The minimum absolute atomic E-state index is 0.0602. The second-order valence-electron chi connectivity index (χ2n) is 26.6. The molecule has 0 bridgehead atoms. The number of benzene rings is 1. The highest BCUT2D eigenvalue weighted by Gasteiger charge is 2.81. The Hall–Kier alpha value is -3.04. The van der Waals surface area contributed by atoms with E-state index in [0.29, 0.717) is 32.1 Å². The molecule has 89 heavy (non-hydrogen) atoms. The van der Waals surface area contributed by atoms with Crippen LogP contribution in [0.15, 0.2) is 48.1 Å². The summed E-state index contributed by atoms with van der Waals surface area (Å²) in [6, 6.07) is 9.25. The van der Waals surface area contributed by atoms with Crippen LogP contribution in [0.3, 0.4) is 0 Å². The van der Waals surface area contributed by atoms with E-state index in [1.807, 2.05) is 50.3 Å². The Labute approximate surface area is 520 Å². The highest BCUT2D eigenvalue weighted by molar-refractivity contribution is 5.89. The monoisotopic (exact) mass is 1260 g/mol. The second kappa shape index (κ2) is 27.4. The van der Waals surface area contributed by atoms with E-state index in [9.17, 15) is 50.4 Å². The van der Waals surface area contributed by atoms with Gasteiger partial charge in [-0.25, -0.2) is 4.79 Å². The molecule has 3 saturated carbocycles. The number of fused-ring (bicyclic) bond motifs is 5. The Morgan fingerprint density at radius 2 is 1.16 bits per heavy atom. The lowest BCUT2D eigenvalue weighted by Crippen LogP contribution is -2.78. The van der Waals surface area contributed by atoms with Gasteiger partial charge >= 0.3 is 5.97 Å². The number of carbonyl (C=O) groups excluding carboxylic acids is 2. The standard InChI is InChI=1S/C64H96O25/c1-31-53(86-47-27-40(76-9)54(32(2)80-47)87-48-28-41(77-10)55(33(3)81-48)88-59-52(71)57(78-11)56(34(4)82-59)89-58-51(70)50(69)49(68)42(30-65)84-58)39(75-8)26-46(79-31)83-38-20-21-60(6)37(25-38)19-22-63(73)43(60)29-44(85-45(67)18-17-36-15-13-12-14-16-36)61(7)62(72,35(5)66)23-24-64(61,63)74/h12-19,31-34,38-44,46-59,65,68-74H,20-30H2,1-11H3/b18-17+/t31-,32-,33-,34-,38+,39+,40+,41+,42-,43-,44-,46+,47+,48+,49-,50+,51-,52-,53-,54-,55-,56-,57-,58+,59+,60+,61-,62+,63+,64-/m1/s1. The zero-order chi connectivity index (χ0) is 64.3. The topological polar surface area (TPSA) is 334 Å². The quantitative estimate of drug-likeness (QED) is 0.0558. The van der Waals surface area contributed by atoms with Crippen molar-refractivity contribution in [1.29, 1.82) is 0 Å². The Morgan fingerprint density at radius 1 is 0.618 bits per heavy atom. The van der Waals surface area contributed by atoms with Crippen molar-refractivity contribution in [2.75, 3.05) is 35.0 Å². The Bertz CT molecular complexity index is 2630. The summed E-state index contributed by atoms with van der Waals surface area (Å²) in [5.74, 6) is -1.86. The maximum atomic E-state index is 13.7. The molecule has 0 unspecified atom stereocenters. The molecule has 0 spiro atoms. The summed E-state index contributed by atoms with van der Waals surface area (Å²) < 4.78 is 93.6. The van der Waals surface area contributed by atoms with E-state index < -0.39 is 193 Å². The summed E-state index contributed by atoms with van der Waals surface area (Å²) in [4.78, 5) is 27.0. The van der Waals surface area contributed by atoms with E-state index in [0.717, 1.165) is 11.1 Å². The first kappa shape index (κ1) is 68.8. The summed E-state index contributed by atoms with van der Waals surface area (Å²) in [5, 5.41) is 90.7. The average Bonchev–Trinajstić information content (AvgIpc) is 1.61.